The third-order valence-electron chi connectivity index (χ3n) is 3.64. The molecule has 19 heavy (non-hydrogen) atoms. The van der Waals surface area contributed by atoms with Crippen LogP contribution in [0.1, 0.15) is 59.1 Å². The molecule has 1 unspecified atom stereocenters. The summed E-state index contributed by atoms with van der Waals surface area (Å²) in [4.78, 5) is 14.4. The van der Waals surface area contributed by atoms with E-state index in [1.807, 2.05) is 6.92 Å². The van der Waals surface area contributed by atoms with Crippen LogP contribution in [-0.4, -0.2) is 11.9 Å². The van der Waals surface area contributed by atoms with Crippen molar-refractivity contribution in [1.82, 2.24) is 5.32 Å². The summed E-state index contributed by atoms with van der Waals surface area (Å²) >= 11 is 1.63. The van der Waals surface area contributed by atoms with E-state index in [4.69, 9.17) is 5.26 Å². The molecule has 102 valence electrons. The standard InChI is InChI=1S/C15H20N2OS/c1-2-12(8-9-16)17-15(18)14-10-11-6-4-3-5-7-13(11)19-14/h10,12H,2-8H2,1H3,(H,17,18). The van der Waals surface area contributed by atoms with Gasteiger partial charge in [0.05, 0.1) is 17.4 Å². The summed E-state index contributed by atoms with van der Waals surface area (Å²) in [6.45, 7) is 1.99. The Hall–Kier alpha value is -1.34. The van der Waals surface area contributed by atoms with Gasteiger partial charge < -0.3 is 5.32 Å². The molecular formula is C15H20N2OS. The summed E-state index contributed by atoms with van der Waals surface area (Å²) in [5.41, 5.74) is 1.36. The molecule has 2 rings (SSSR count). The Bertz CT molecular complexity index is 463. The highest BCUT2D eigenvalue weighted by molar-refractivity contribution is 7.14. The Kier molecular flexibility index (Phi) is 4.98. The minimum Gasteiger partial charge on any atom is -0.348 e. The normalized spacial score (nSPS) is 16.0. The number of hydrogen-bond acceptors (Lipinski definition) is 3. The third-order valence-corrected chi connectivity index (χ3v) is 4.87. The summed E-state index contributed by atoms with van der Waals surface area (Å²) in [7, 11) is 0. The Morgan fingerprint density at radius 2 is 2.26 bits per heavy atom. The summed E-state index contributed by atoms with van der Waals surface area (Å²) in [6.07, 6.45) is 7.16. The number of carbonyl (C=O) groups is 1. The monoisotopic (exact) mass is 276 g/mol. The number of nitrogens with zero attached hydrogens (tertiary/aromatic N) is 1. The van der Waals surface area contributed by atoms with Gasteiger partial charge in [0, 0.05) is 10.9 Å². The van der Waals surface area contributed by atoms with Crippen LogP contribution in [0.5, 0.6) is 0 Å². The molecule has 0 spiro atoms. The molecule has 1 aliphatic rings. The average molecular weight is 276 g/mol. The quantitative estimate of drug-likeness (QED) is 0.856. The van der Waals surface area contributed by atoms with Crippen molar-refractivity contribution in [3.8, 4) is 6.07 Å². The topological polar surface area (TPSA) is 52.9 Å². The number of nitrogens with one attached hydrogen (secondary N) is 1. The van der Waals surface area contributed by atoms with Gasteiger partial charge in [-0.1, -0.05) is 13.3 Å². The van der Waals surface area contributed by atoms with Gasteiger partial charge in [0.2, 0.25) is 0 Å². The molecule has 0 radical (unpaired) electrons. The minimum atomic E-state index is -0.0283. The second-order valence-electron chi connectivity index (χ2n) is 5.06. The molecule has 0 aliphatic heterocycles. The van der Waals surface area contributed by atoms with Crippen molar-refractivity contribution in [2.45, 2.75) is 57.9 Å². The van der Waals surface area contributed by atoms with Crippen LogP contribution in [0.3, 0.4) is 0 Å². The highest BCUT2D eigenvalue weighted by Crippen LogP contribution is 2.29. The molecule has 0 saturated heterocycles. The maximum Gasteiger partial charge on any atom is 0.261 e. The fraction of sp³-hybridized carbons (Fsp3) is 0.600. The first-order valence-corrected chi connectivity index (χ1v) is 7.85. The molecule has 0 aromatic carbocycles. The summed E-state index contributed by atoms with van der Waals surface area (Å²) in [5, 5.41) is 11.7. The van der Waals surface area contributed by atoms with Gasteiger partial charge in [-0.15, -0.1) is 11.3 Å². The first-order valence-electron chi connectivity index (χ1n) is 7.04. The van der Waals surface area contributed by atoms with Crippen LogP contribution in [0.15, 0.2) is 6.07 Å². The first kappa shape index (κ1) is 14.1. The van der Waals surface area contributed by atoms with Crippen LogP contribution >= 0.6 is 11.3 Å². The number of nitriles is 1. The van der Waals surface area contributed by atoms with Crippen LogP contribution in [0.4, 0.5) is 0 Å². The lowest BCUT2D eigenvalue weighted by Gasteiger charge is -2.12. The lowest BCUT2D eigenvalue weighted by atomic mass is 10.1. The average Bonchev–Trinajstić information content (AvgIpc) is 2.69. The molecule has 4 heteroatoms. The summed E-state index contributed by atoms with van der Waals surface area (Å²) < 4.78 is 0. The number of hydrogen-bond donors (Lipinski definition) is 1. The van der Waals surface area contributed by atoms with E-state index in [9.17, 15) is 4.79 Å². The lowest BCUT2D eigenvalue weighted by molar-refractivity contribution is 0.0940. The highest BCUT2D eigenvalue weighted by atomic mass is 32.1. The lowest BCUT2D eigenvalue weighted by Crippen LogP contribution is -2.33. The minimum absolute atomic E-state index is 0.0137. The van der Waals surface area contributed by atoms with Crippen molar-refractivity contribution in [3.63, 3.8) is 0 Å². The van der Waals surface area contributed by atoms with Gasteiger partial charge in [-0.3, -0.25) is 4.79 Å². The maximum absolute atomic E-state index is 12.2. The molecule has 1 amide bonds. The number of aryl methyl sites for hydroxylation is 2. The van der Waals surface area contributed by atoms with Crippen molar-refractivity contribution in [2.75, 3.05) is 0 Å². The van der Waals surface area contributed by atoms with Crippen LogP contribution < -0.4 is 5.32 Å². The van der Waals surface area contributed by atoms with Gasteiger partial charge in [-0.05, 0) is 43.7 Å². The number of carbonyl (C=O) groups excluding carboxylic acids is 1. The second kappa shape index (κ2) is 6.72. The summed E-state index contributed by atoms with van der Waals surface area (Å²) in [5.74, 6) is -0.0137. The Balaban J connectivity index is 2.05. The second-order valence-corrected chi connectivity index (χ2v) is 6.20. The maximum atomic E-state index is 12.2. The van der Waals surface area contributed by atoms with Crippen molar-refractivity contribution < 1.29 is 4.79 Å². The Labute approximate surface area is 118 Å². The van der Waals surface area contributed by atoms with Crippen molar-refractivity contribution >= 4 is 17.2 Å². The molecule has 0 fully saturated rings. The number of rotatable bonds is 4. The van der Waals surface area contributed by atoms with Gasteiger partial charge in [0.1, 0.15) is 0 Å². The van der Waals surface area contributed by atoms with Gasteiger partial charge in [0.25, 0.3) is 5.91 Å². The first-order chi connectivity index (χ1) is 9.24. The van der Waals surface area contributed by atoms with E-state index in [2.05, 4.69) is 17.5 Å². The van der Waals surface area contributed by atoms with E-state index in [-0.39, 0.29) is 11.9 Å². The molecule has 1 heterocycles. The van der Waals surface area contributed by atoms with Crippen LogP contribution in [-0.2, 0) is 12.8 Å². The predicted molar refractivity (Wildman–Crippen MR) is 77.4 cm³/mol. The number of thiophene rings is 1. The molecule has 1 N–H and O–H groups in total. The van der Waals surface area contributed by atoms with E-state index < -0.39 is 0 Å². The SMILES string of the molecule is CCC(CC#N)NC(=O)c1cc2c(s1)CCCCC2. The Morgan fingerprint density at radius 3 is 3.00 bits per heavy atom. The molecule has 1 aromatic rings. The van der Waals surface area contributed by atoms with Gasteiger partial charge in [-0.25, -0.2) is 0 Å². The molecular weight excluding hydrogens is 256 g/mol. The fourth-order valence-corrected chi connectivity index (χ4v) is 3.60. The van der Waals surface area contributed by atoms with Crippen LogP contribution in [0.2, 0.25) is 0 Å². The van der Waals surface area contributed by atoms with Crippen LogP contribution in [0.25, 0.3) is 0 Å². The van der Waals surface area contributed by atoms with E-state index >= 15 is 0 Å². The predicted octanol–water partition coefficient (Wildman–Crippen LogP) is 3.44. The zero-order chi connectivity index (χ0) is 13.7. The summed E-state index contributed by atoms with van der Waals surface area (Å²) in [6, 6.07) is 4.15. The molecule has 1 atom stereocenters. The third kappa shape index (κ3) is 3.57. The smallest absolute Gasteiger partial charge is 0.261 e. The Morgan fingerprint density at radius 1 is 1.47 bits per heavy atom. The van der Waals surface area contributed by atoms with E-state index in [1.54, 1.807) is 11.3 Å². The highest BCUT2D eigenvalue weighted by Gasteiger charge is 2.18. The zero-order valence-corrected chi connectivity index (χ0v) is 12.2. The number of fused-ring (bicyclic) bond motifs is 1. The molecule has 1 aliphatic carbocycles. The van der Waals surface area contributed by atoms with E-state index in [1.165, 1.54) is 29.7 Å². The van der Waals surface area contributed by atoms with Gasteiger partial charge >= 0.3 is 0 Å². The van der Waals surface area contributed by atoms with Gasteiger partial charge in [-0.2, -0.15) is 5.26 Å². The largest absolute Gasteiger partial charge is 0.348 e. The molecule has 3 nitrogen and oxygen atoms in total. The molecule has 0 bridgehead atoms. The van der Waals surface area contributed by atoms with E-state index in [0.29, 0.717) is 6.42 Å². The van der Waals surface area contributed by atoms with Crippen molar-refractivity contribution in [3.05, 3.63) is 21.4 Å². The fourth-order valence-electron chi connectivity index (χ4n) is 2.44. The zero-order valence-electron chi connectivity index (χ0n) is 11.4. The van der Waals surface area contributed by atoms with Crippen molar-refractivity contribution in [2.24, 2.45) is 0 Å². The van der Waals surface area contributed by atoms with Crippen LogP contribution in [0, 0.1) is 11.3 Å². The van der Waals surface area contributed by atoms with Crippen molar-refractivity contribution in [1.29, 1.82) is 5.26 Å². The van der Waals surface area contributed by atoms with Gasteiger partial charge in [0.15, 0.2) is 0 Å². The number of amides is 1. The van der Waals surface area contributed by atoms with E-state index in [0.717, 1.165) is 24.1 Å². The molecule has 1 aromatic heterocycles. The molecule has 0 saturated carbocycles.